The molecule has 0 saturated heterocycles. The van der Waals surface area contributed by atoms with Crippen molar-refractivity contribution in [2.24, 2.45) is 0 Å². The Morgan fingerprint density at radius 2 is 1.81 bits per heavy atom. The van der Waals surface area contributed by atoms with Gasteiger partial charge in [-0.3, -0.25) is 4.79 Å². The molecule has 136 valence electrons. The number of aryl methyl sites for hydroxylation is 1. The Morgan fingerprint density at radius 1 is 1.15 bits per heavy atom. The number of aliphatic carboxylic acids is 1. The number of fused-ring (bicyclic) bond motifs is 1. The fraction of sp³-hybridized carbons (Fsp3) is 0.167. The maximum absolute atomic E-state index is 12.5. The Labute approximate surface area is 150 Å². The van der Waals surface area contributed by atoms with Gasteiger partial charge in [-0.1, -0.05) is 29.8 Å². The maximum Gasteiger partial charge on any atom is 0.323 e. The molecule has 0 radical (unpaired) electrons. The van der Waals surface area contributed by atoms with Gasteiger partial charge < -0.3 is 14.8 Å². The number of aromatic nitrogens is 1. The van der Waals surface area contributed by atoms with Crippen LogP contribution in [0.1, 0.15) is 5.56 Å². The number of nitrogens with one attached hydrogen (secondary N) is 1. The van der Waals surface area contributed by atoms with Crippen molar-refractivity contribution in [1.82, 2.24) is 9.29 Å². The number of nitrogens with zero attached hydrogens (tertiary/aromatic N) is 1. The molecule has 0 aliphatic rings. The SMILES string of the molecule is Cc1ccc(S(=O)(=O)N[C@@H](Cn2cc(O)c3ccccc32)C(=O)O)cc1. The Hall–Kier alpha value is -2.84. The lowest BCUT2D eigenvalue weighted by atomic mass is 10.2. The molecule has 0 unspecified atom stereocenters. The molecule has 7 nitrogen and oxygen atoms in total. The van der Waals surface area contributed by atoms with Gasteiger partial charge in [0.2, 0.25) is 10.0 Å². The maximum atomic E-state index is 12.5. The van der Waals surface area contributed by atoms with E-state index in [0.29, 0.717) is 10.9 Å². The zero-order valence-electron chi connectivity index (χ0n) is 14.0. The fourth-order valence-electron chi connectivity index (χ4n) is 2.71. The zero-order valence-corrected chi connectivity index (χ0v) is 14.8. The molecular formula is C18H18N2O5S. The van der Waals surface area contributed by atoms with Gasteiger partial charge in [0.25, 0.3) is 0 Å². The van der Waals surface area contributed by atoms with Crippen LogP contribution in [-0.2, 0) is 21.4 Å². The third-order valence-electron chi connectivity index (χ3n) is 4.07. The summed E-state index contributed by atoms with van der Waals surface area (Å²) in [6.45, 7) is 1.66. The second kappa shape index (κ2) is 6.81. The smallest absolute Gasteiger partial charge is 0.323 e. The van der Waals surface area contributed by atoms with Gasteiger partial charge in [0.15, 0.2) is 0 Å². The number of carbonyl (C=O) groups is 1. The molecule has 0 aliphatic heterocycles. The second-order valence-corrected chi connectivity index (χ2v) is 7.72. The summed E-state index contributed by atoms with van der Waals surface area (Å²) >= 11 is 0. The lowest BCUT2D eigenvalue weighted by Gasteiger charge is -2.16. The monoisotopic (exact) mass is 374 g/mol. The van der Waals surface area contributed by atoms with E-state index in [-0.39, 0.29) is 17.2 Å². The molecule has 8 heteroatoms. The standard InChI is InChI=1S/C18H18N2O5S/c1-12-6-8-13(9-7-12)26(24,25)19-15(18(22)23)10-20-11-17(21)14-4-2-3-5-16(14)20/h2-9,11,15,19,21H,10H2,1H3,(H,22,23)/t15-/m0/s1. The number of carboxylic acid groups (broad SMARTS) is 1. The molecule has 0 aliphatic carbocycles. The van der Waals surface area contributed by atoms with Crippen molar-refractivity contribution >= 4 is 26.9 Å². The van der Waals surface area contributed by atoms with E-state index in [2.05, 4.69) is 4.72 Å². The fourth-order valence-corrected chi connectivity index (χ4v) is 3.89. The topological polar surface area (TPSA) is 109 Å². The molecule has 0 spiro atoms. The molecule has 0 fully saturated rings. The van der Waals surface area contributed by atoms with Crippen molar-refractivity contribution in [3.63, 3.8) is 0 Å². The third-order valence-corrected chi connectivity index (χ3v) is 5.56. The molecule has 0 bridgehead atoms. The molecule has 3 N–H and O–H groups in total. The van der Waals surface area contributed by atoms with Crippen molar-refractivity contribution in [3.05, 3.63) is 60.3 Å². The van der Waals surface area contributed by atoms with Crippen LogP contribution in [-0.4, -0.2) is 35.2 Å². The Kier molecular flexibility index (Phi) is 4.71. The van der Waals surface area contributed by atoms with Gasteiger partial charge in [-0.25, -0.2) is 8.42 Å². The predicted octanol–water partition coefficient (Wildman–Crippen LogP) is 2.09. The van der Waals surface area contributed by atoms with Crippen LogP contribution < -0.4 is 4.72 Å². The van der Waals surface area contributed by atoms with Crippen molar-refractivity contribution in [1.29, 1.82) is 0 Å². The molecule has 0 saturated carbocycles. The van der Waals surface area contributed by atoms with E-state index >= 15 is 0 Å². The van der Waals surface area contributed by atoms with E-state index in [0.717, 1.165) is 5.56 Å². The molecule has 3 rings (SSSR count). The first-order chi connectivity index (χ1) is 12.3. The first-order valence-corrected chi connectivity index (χ1v) is 9.35. The van der Waals surface area contributed by atoms with E-state index in [1.54, 1.807) is 36.4 Å². The number of carboxylic acids is 1. The number of sulfonamides is 1. The predicted molar refractivity (Wildman–Crippen MR) is 96.5 cm³/mol. The van der Waals surface area contributed by atoms with Crippen LogP contribution in [0.2, 0.25) is 0 Å². The summed E-state index contributed by atoms with van der Waals surface area (Å²) in [5.41, 5.74) is 1.51. The van der Waals surface area contributed by atoms with E-state index in [4.69, 9.17) is 0 Å². The van der Waals surface area contributed by atoms with Crippen LogP contribution in [0.15, 0.2) is 59.6 Å². The van der Waals surface area contributed by atoms with Gasteiger partial charge in [0.05, 0.1) is 10.4 Å². The van der Waals surface area contributed by atoms with E-state index in [9.17, 15) is 23.4 Å². The van der Waals surface area contributed by atoms with Crippen molar-refractivity contribution < 1.29 is 23.4 Å². The highest BCUT2D eigenvalue weighted by molar-refractivity contribution is 7.89. The summed E-state index contributed by atoms with van der Waals surface area (Å²) < 4.78 is 28.7. The van der Waals surface area contributed by atoms with Crippen molar-refractivity contribution in [3.8, 4) is 5.75 Å². The van der Waals surface area contributed by atoms with E-state index in [1.807, 2.05) is 6.92 Å². The minimum absolute atomic E-state index is 0.00504. The summed E-state index contributed by atoms with van der Waals surface area (Å²) in [4.78, 5) is 11.6. The Balaban J connectivity index is 1.90. The number of hydrogen-bond acceptors (Lipinski definition) is 4. The zero-order chi connectivity index (χ0) is 18.9. The van der Waals surface area contributed by atoms with E-state index in [1.165, 1.54) is 22.9 Å². The van der Waals surface area contributed by atoms with Gasteiger partial charge in [-0.2, -0.15) is 4.72 Å². The minimum Gasteiger partial charge on any atom is -0.506 e. The van der Waals surface area contributed by atoms with Gasteiger partial charge in [-0.15, -0.1) is 0 Å². The van der Waals surface area contributed by atoms with Crippen molar-refractivity contribution in [2.45, 2.75) is 24.4 Å². The Morgan fingerprint density at radius 3 is 2.46 bits per heavy atom. The first-order valence-electron chi connectivity index (χ1n) is 7.86. The van der Waals surface area contributed by atoms with Crippen LogP contribution in [0, 0.1) is 6.92 Å². The van der Waals surface area contributed by atoms with Gasteiger partial charge >= 0.3 is 5.97 Å². The van der Waals surface area contributed by atoms with Gasteiger partial charge in [-0.05, 0) is 31.2 Å². The van der Waals surface area contributed by atoms with Gasteiger partial charge in [0.1, 0.15) is 11.8 Å². The average molecular weight is 374 g/mol. The molecular weight excluding hydrogens is 356 g/mol. The molecule has 1 aromatic heterocycles. The summed E-state index contributed by atoms with van der Waals surface area (Å²) in [6, 6.07) is 11.7. The quantitative estimate of drug-likeness (QED) is 0.612. The summed E-state index contributed by atoms with van der Waals surface area (Å²) in [7, 11) is -3.99. The van der Waals surface area contributed by atoms with Crippen LogP contribution in [0.25, 0.3) is 10.9 Å². The lowest BCUT2D eigenvalue weighted by molar-refractivity contribution is -0.139. The normalized spacial score (nSPS) is 13.0. The number of benzene rings is 2. The highest BCUT2D eigenvalue weighted by atomic mass is 32.2. The number of aromatic hydroxyl groups is 1. The minimum atomic E-state index is -3.99. The molecule has 1 atom stereocenters. The largest absolute Gasteiger partial charge is 0.506 e. The number of rotatable bonds is 6. The van der Waals surface area contributed by atoms with Crippen LogP contribution in [0.3, 0.4) is 0 Å². The number of para-hydroxylation sites is 1. The van der Waals surface area contributed by atoms with Crippen LogP contribution in [0.4, 0.5) is 0 Å². The Bertz CT molecular complexity index is 1050. The summed E-state index contributed by atoms with van der Waals surface area (Å²) in [6.07, 6.45) is 1.39. The summed E-state index contributed by atoms with van der Waals surface area (Å²) in [5, 5.41) is 20.0. The number of hydrogen-bond donors (Lipinski definition) is 3. The van der Waals surface area contributed by atoms with Crippen LogP contribution >= 0.6 is 0 Å². The van der Waals surface area contributed by atoms with Crippen molar-refractivity contribution in [2.75, 3.05) is 0 Å². The highest BCUT2D eigenvalue weighted by Crippen LogP contribution is 2.26. The second-order valence-electron chi connectivity index (χ2n) is 6.01. The molecule has 3 aromatic rings. The molecule has 1 heterocycles. The third kappa shape index (κ3) is 3.56. The first kappa shape index (κ1) is 18.0. The summed E-state index contributed by atoms with van der Waals surface area (Å²) in [5.74, 6) is -1.30. The average Bonchev–Trinajstić information content (AvgIpc) is 2.91. The lowest BCUT2D eigenvalue weighted by Crippen LogP contribution is -2.43. The van der Waals surface area contributed by atoms with Crippen LogP contribution in [0.5, 0.6) is 5.75 Å². The van der Waals surface area contributed by atoms with Gasteiger partial charge in [0, 0.05) is 18.1 Å². The van der Waals surface area contributed by atoms with E-state index < -0.39 is 22.0 Å². The highest BCUT2D eigenvalue weighted by Gasteiger charge is 2.26. The molecule has 0 amide bonds. The molecule has 26 heavy (non-hydrogen) atoms. The molecule has 2 aromatic carbocycles.